The number of nitrogens with zero attached hydrogens (tertiary/aromatic N) is 4. The minimum absolute atomic E-state index is 0.420. The van der Waals surface area contributed by atoms with Gasteiger partial charge in [0.2, 0.25) is 11.5 Å². The summed E-state index contributed by atoms with van der Waals surface area (Å²) in [6.07, 6.45) is 0. The molecule has 0 radical (unpaired) electrons. The van der Waals surface area contributed by atoms with Gasteiger partial charge < -0.3 is 4.74 Å². The second-order valence-electron chi connectivity index (χ2n) is 5.40. The van der Waals surface area contributed by atoms with Crippen LogP contribution in [0.1, 0.15) is 13.8 Å². The molecule has 0 bridgehead atoms. The van der Waals surface area contributed by atoms with Crippen LogP contribution < -0.4 is 4.74 Å². The minimum Gasteiger partial charge on any atom is -0.504 e. The summed E-state index contributed by atoms with van der Waals surface area (Å²) < 4.78 is 5.70. The molecule has 0 aliphatic carbocycles. The molecule has 1 N–H and O–H groups in total. The fourth-order valence-electron chi connectivity index (χ4n) is 2.02. The van der Waals surface area contributed by atoms with E-state index in [1.54, 1.807) is 11.3 Å². The maximum atomic E-state index is 7.36. The van der Waals surface area contributed by atoms with E-state index < -0.39 is 0 Å². The number of thiophene rings is 1. The van der Waals surface area contributed by atoms with Gasteiger partial charge in [-0.25, -0.2) is 4.85 Å². The Labute approximate surface area is 138 Å². The molecule has 3 rings (SSSR count). The number of aromatic nitrogens is 4. The molecule has 0 atom stereocenters. The molecular formula is C16H15N5OS. The highest BCUT2D eigenvalue weighted by Gasteiger charge is 2.11. The predicted molar refractivity (Wildman–Crippen MR) is 89.5 cm³/mol. The van der Waals surface area contributed by atoms with Crippen LogP contribution in [0.15, 0.2) is 30.3 Å². The Bertz CT molecular complexity index is 833. The van der Waals surface area contributed by atoms with E-state index in [0.29, 0.717) is 29.8 Å². The topological polar surface area (TPSA) is 68.0 Å². The van der Waals surface area contributed by atoms with Gasteiger partial charge in [0.25, 0.3) is 0 Å². The second kappa shape index (κ2) is 6.58. The van der Waals surface area contributed by atoms with Crippen molar-refractivity contribution in [1.29, 1.82) is 0 Å². The molecule has 7 heteroatoms. The first-order chi connectivity index (χ1) is 11.2. The maximum absolute atomic E-state index is 7.36. The lowest BCUT2D eigenvalue weighted by Crippen LogP contribution is -2.04. The Morgan fingerprint density at radius 2 is 2.09 bits per heavy atom. The lowest BCUT2D eigenvalue weighted by atomic mass is 10.1. The number of ether oxygens (including phenoxy) is 1. The zero-order chi connectivity index (χ0) is 16.2. The van der Waals surface area contributed by atoms with Gasteiger partial charge in [0.05, 0.1) is 18.1 Å². The van der Waals surface area contributed by atoms with E-state index in [2.05, 4.69) is 39.3 Å². The average Bonchev–Trinajstić information content (AvgIpc) is 3.23. The number of rotatable bonds is 5. The normalized spacial score (nSPS) is 10.7. The Balaban J connectivity index is 1.87. The third-order valence-corrected chi connectivity index (χ3v) is 4.24. The monoisotopic (exact) mass is 325 g/mol. The van der Waals surface area contributed by atoms with E-state index in [4.69, 9.17) is 11.3 Å². The molecular weight excluding hydrogens is 310 g/mol. The molecule has 0 aliphatic rings. The lowest BCUT2D eigenvalue weighted by molar-refractivity contribution is 0.272. The molecule has 23 heavy (non-hydrogen) atoms. The van der Waals surface area contributed by atoms with Crippen molar-refractivity contribution in [1.82, 2.24) is 20.6 Å². The van der Waals surface area contributed by atoms with Crippen molar-refractivity contribution in [3.8, 4) is 26.9 Å². The van der Waals surface area contributed by atoms with Gasteiger partial charge in [-0.3, -0.25) is 0 Å². The lowest BCUT2D eigenvalue weighted by Gasteiger charge is -2.11. The molecule has 2 aromatic heterocycles. The third kappa shape index (κ3) is 3.38. The predicted octanol–water partition coefficient (Wildman–Crippen LogP) is 4.18. The highest BCUT2D eigenvalue weighted by Crippen LogP contribution is 2.37. The van der Waals surface area contributed by atoms with Gasteiger partial charge in [-0.2, -0.15) is 5.21 Å². The minimum atomic E-state index is 0.420. The summed E-state index contributed by atoms with van der Waals surface area (Å²) in [5, 5.41) is 14.0. The Morgan fingerprint density at radius 3 is 2.78 bits per heavy atom. The SMILES string of the molecule is [C-]#[N+]c1cc(-c2ccc(-c3nn[nH]n3)s2)ccc1OCC(C)C. The van der Waals surface area contributed by atoms with Crippen molar-refractivity contribution in [3.63, 3.8) is 0 Å². The second-order valence-corrected chi connectivity index (χ2v) is 6.48. The maximum Gasteiger partial charge on any atom is 0.228 e. The first-order valence-electron chi connectivity index (χ1n) is 7.15. The van der Waals surface area contributed by atoms with Crippen LogP contribution in [0.5, 0.6) is 5.75 Å². The molecule has 0 unspecified atom stereocenters. The molecule has 0 aliphatic heterocycles. The van der Waals surface area contributed by atoms with Gasteiger partial charge in [-0.15, -0.1) is 21.5 Å². The van der Waals surface area contributed by atoms with Crippen LogP contribution in [0.25, 0.3) is 26.0 Å². The van der Waals surface area contributed by atoms with Gasteiger partial charge >= 0.3 is 0 Å². The van der Waals surface area contributed by atoms with E-state index in [-0.39, 0.29) is 0 Å². The van der Waals surface area contributed by atoms with Crippen LogP contribution in [0.4, 0.5) is 5.69 Å². The number of nitrogens with one attached hydrogen (secondary N) is 1. The molecule has 116 valence electrons. The largest absolute Gasteiger partial charge is 0.504 e. The molecule has 0 spiro atoms. The fraction of sp³-hybridized carbons (Fsp3) is 0.250. The Kier molecular flexibility index (Phi) is 4.35. The van der Waals surface area contributed by atoms with Crippen LogP contribution in [0, 0.1) is 12.5 Å². The summed E-state index contributed by atoms with van der Waals surface area (Å²) in [4.78, 5) is 5.56. The summed E-state index contributed by atoms with van der Waals surface area (Å²) >= 11 is 1.56. The average molecular weight is 325 g/mol. The fourth-order valence-corrected chi connectivity index (χ4v) is 2.95. The van der Waals surface area contributed by atoms with Crippen molar-refractivity contribution >= 4 is 17.0 Å². The van der Waals surface area contributed by atoms with E-state index in [9.17, 15) is 0 Å². The van der Waals surface area contributed by atoms with Crippen molar-refractivity contribution in [2.45, 2.75) is 13.8 Å². The van der Waals surface area contributed by atoms with Crippen LogP contribution >= 0.6 is 11.3 Å². The number of aromatic amines is 1. The molecule has 2 heterocycles. The Morgan fingerprint density at radius 1 is 1.26 bits per heavy atom. The van der Waals surface area contributed by atoms with Crippen molar-refractivity contribution in [3.05, 3.63) is 41.7 Å². The molecule has 3 aromatic rings. The molecule has 0 fully saturated rings. The quantitative estimate of drug-likeness (QED) is 0.715. The van der Waals surface area contributed by atoms with Gasteiger partial charge in [-0.1, -0.05) is 19.9 Å². The van der Waals surface area contributed by atoms with Crippen molar-refractivity contribution in [2.24, 2.45) is 5.92 Å². The van der Waals surface area contributed by atoms with Crippen LogP contribution in [0.2, 0.25) is 0 Å². The summed E-state index contributed by atoms with van der Waals surface area (Å²) in [7, 11) is 0. The summed E-state index contributed by atoms with van der Waals surface area (Å²) in [6, 6.07) is 9.63. The summed E-state index contributed by atoms with van der Waals surface area (Å²) in [5.74, 6) is 1.62. The standard InChI is InChI=1S/C16H15N5OS/c1-10(2)9-22-13-5-4-11(8-12(13)17-3)14-6-7-15(23-14)16-18-20-21-19-16/h4-8,10H,9H2,1-2H3,(H,18,19,20,21). The van der Waals surface area contributed by atoms with Gasteiger partial charge in [0, 0.05) is 4.88 Å². The van der Waals surface area contributed by atoms with Gasteiger partial charge in [-0.05, 0) is 41.0 Å². The number of hydrogen-bond acceptors (Lipinski definition) is 5. The van der Waals surface area contributed by atoms with E-state index in [1.807, 2.05) is 30.3 Å². The highest BCUT2D eigenvalue weighted by atomic mass is 32.1. The van der Waals surface area contributed by atoms with E-state index >= 15 is 0 Å². The van der Waals surface area contributed by atoms with Crippen LogP contribution in [0.3, 0.4) is 0 Å². The number of H-pyrrole nitrogens is 1. The smallest absolute Gasteiger partial charge is 0.228 e. The zero-order valence-electron chi connectivity index (χ0n) is 12.8. The Hall–Kier alpha value is -2.72. The molecule has 0 amide bonds. The van der Waals surface area contributed by atoms with Crippen molar-refractivity contribution < 1.29 is 4.74 Å². The molecule has 1 aromatic carbocycles. The number of benzene rings is 1. The van der Waals surface area contributed by atoms with Crippen LogP contribution in [-0.4, -0.2) is 27.2 Å². The van der Waals surface area contributed by atoms with E-state index in [0.717, 1.165) is 15.3 Å². The molecule has 0 saturated heterocycles. The zero-order valence-corrected chi connectivity index (χ0v) is 13.6. The van der Waals surface area contributed by atoms with Crippen LogP contribution in [-0.2, 0) is 0 Å². The van der Waals surface area contributed by atoms with Crippen molar-refractivity contribution in [2.75, 3.05) is 6.61 Å². The summed E-state index contributed by atoms with van der Waals surface area (Å²) in [5.41, 5.74) is 1.50. The first kappa shape index (κ1) is 15.2. The molecule has 6 nitrogen and oxygen atoms in total. The number of hydrogen-bond donors (Lipinski definition) is 1. The third-order valence-electron chi connectivity index (χ3n) is 3.11. The number of tetrazole rings is 1. The van der Waals surface area contributed by atoms with Gasteiger partial charge in [0.15, 0.2) is 0 Å². The van der Waals surface area contributed by atoms with E-state index in [1.165, 1.54) is 0 Å². The summed E-state index contributed by atoms with van der Waals surface area (Å²) in [6.45, 7) is 12.1. The highest BCUT2D eigenvalue weighted by molar-refractivity contribution is 7.18. The van der Waals surface area contributed by atoms with Gasteiger partial charge in [0.1, 0.15) is 5.75 Å². The first-order valence-corrected chi connectivity index (χ1v) is 7.97. The molecule has 0 saturated carbocycles.